The molecular formula is C46H34N2O2. The molecule has 7 aromatic carbocycles. The highest BCUT2D eigenvalue weighted by molar-refractivity contribution is 6.14. The maximum absolute atomic E-state index is 12.8. The lowest BCUT2D eigenvalue weighted by molar-refractivity contribution is 0.101. The van der Waals surface area contributed by atoms with Gasteiger partial charge in [0.05, 0.1) is 5.56 Å². The van der Waals surface area contributed by atoms with E-state index < -0.39 is 0 Å². The zero-order valence-electron chi connectivity index (χ0n) is 27.6. The molecule has 4 nitrogen and oxygen atoms in total. The molecule has 240 valence electrons. The molecule has 8 rings (SSSR count). The molecule has 0 N–H and O–H groups in total. The third-order valence-electron chi connectivity index (χ3n) is 8.90. The molecule has 1 heterocycles. The molecule has 0 radical (unpaired) electrons. The minimum atomic E-state index is -0.0925. The van der Waals surface area contributed by atoms with Crippen molar-refractivity contribution in [3.05, 3.63) is 204 Å². The van der Waals surface area contributed by atoms with Gasteiger partial charge in [-0.3, -0.25) is 4.79 Å². The number of ether oxygens (including phenoxy) is 1. The molecule has 4 heteroatoms. The fourth-order valence-electron chi connectivity index (χ4n) is 6.43. The Bertz CT molecular complexity index is 2300. The fraction of sp³-hybridized carbons (Fsp3) is 0.0217. The number of fused-ring (bicyclic) bond motifs is 1. The van der Waals surface area contributed by atoms with Crippen LogP contribution in [0.4, 0.5) is 34.1 Å². The van der Waals surface area contributed by atoms with Crippen molar-refractivity contribution in [2.24, 2.45) is 0 Å². The van der Waals surface area contributed by atoms with Crippen molar-refractivity contribution in [1.82, 2.24) is 0 Å². The van der Waals surface area contributed by atoms with Crippen LogP contribution in [0, 0.1) is 6.92 Å². The number of anilines is 6. The summed E-state index contributed by atoms with van der Waals surface area (Å²) in [6.45, 7) is 2.13. The maximum atomic E-state index is 12.8. The number of rotatable bonds is 8. The van der Waals surface area contributed by atoms with Crippen LogP contribution in [0.5, 0.6) is 5.75 Å². The summed E-state index contributed by atoms with van der Waals surface area (Å²) in [5.74, 6) is 0.849. The van der Waals surface area contributed by atoms with E-state index in [-0.39, 0.29) is 5.78 Å². The van der Waals surface area contributed by atoms with Crippen molar-refractivity contribution in [1.29, 1.82) is 0 Å². The predicted octanol–water partition coefficient (Wildman–Crippen LogP) is 12.2. The summed E-state index contributed by atoms with van der Waals surface area (Å²) in [5, 5.41) is 0. The van der Waals surface area contributed by atoms with Gasteiger partial charge in [-0.2, -0.15) is 0 Å². The Hall–Kier alpha value is -6.65. The zero-order valence-corrected chi connectivity index (χ0v) is 27.6. The van der Waals surface area contributed by atoms with Gasteiger partial charge in [0.25, 0.3) is 0 Å². The monoisotopic (exact) mass is 646 g/mol. The van der Waals surface area contributed by atoms with E-state index in [1.807, 2.05) is 54.6 Å². The first kappa shape index (κ1) is 30.7. The second-order valence-electron chi connectivity index (χ2n) is 12.3. The molecule has 0 amide bonds. The van der Waals surface area contributed by atoms with Crippen molar-refractivity contribution in [3.8, 4) is 16.9 Å². The van der Waals surface area contributed by atoms with Crippen LogP contribution >= 0.6 is 0 Å². The molecule has 1 aliphatic rings. The number of carbonyl (C=O) groups is 1. The number of carbonyl (C=O) groups excluding carboxylic acids is 1. The lowest BCUT2D eigenvalue weighted by atomic mass is 10.0. The zero-order chi connectivity index (χ0) is 33.9. The van der Waals surface area contributed by atoms with Crippen LogP contribution in [-0.4, -0.2) is 5.78 Å². The number of para-hydroxylation sites is 3. The molecule has 0 aliphatic carbocycles. The summed E-state index contributed by atoms with van der Waals surface area (Å²) in [6.07, 6.45) is 1.80. The topological polar surface area (TPSA) is 32.8 Å². The highest BCUT2D eigenvalue weighted by atomic mass is 16.5. The van der Waals surface area contributed by atoms with Gasteiger partial charge in [-0.15, -0.1) is 0 Å². The van der Waals surface area contributed by atoms with E-state index in [4.69, 9.17) is 4.74 Å². The Balaban J connectivity index is 1.06. The fourth-order valence-corrected chi connectivity index (χ4v) is 6.43. The van der Waals surface area contributed by atoms with E-state index >= 15 is 0 Å². The predicted molar refractivity (Wildman–Crippen MR) is 205 cm³/mol. The van der Waals surface area contributed by atoms with Crippen LogP contribution < -0.4 is 14.5 Å². The summed E-state index contributed by atoms with van der Waals surface area (Å²) in [6, 6.07) is 62.4. The van der Waals surface area contributed by atoms with Crippen molar-refractivity contribution in [2.75, 3.05) is 9.80 Å². The summed E-state index contributed by atoms with van der Waals surface area (Å²) < 4.78 is 5.85. The Labute approximate surface area is 292 Å². The highest BCUT2D eigenvalue weighted by Gasteiger charge is 2.26. The molecule has 0 unspecified atom stereocenters. The number of hydrogen-bond donors (Lipinski definition) is 0. The number of Topliss-reactive ketones (excluding diaryl/α,β-unsaturated/α-hetero) is 1. The molecule has 7 aromatic rings. The first-order valence-corrected chi connectivity index (χ1v) is 16.7. The van der Waals surface area contributed by atoms with Gasteiger partial charge in [-0.1, -0.05) is 97.1 Å². The van der Waals surface area contributed by atoms with Gasteiger partial charge in [0.1, 0.15) is 5.75 Å². The molecule has 0 saturated carbocycles. The number of aryl methyl sites for hydroxylation is 1. The van der Waals surface area contributed by atoms with E-state index in [1.54, 1.807) is 12.1 Å². The minimum Gasteiger partial charge on any atom is -0.452 e. The van der Waals surface area contributed by atoms with Gasteiger partial charge in [0.15, 0.2) is 5.76 Å². The van der Waals surface area contributed by atoms with E-state index in [2.05, 4.69) is 138 Å². The number of ketones is 1. The normalized spacial score (nSPS) is 12.7. The first-order chi connectivity index (χ1) is 24.6. The summed E-state index contributed by atoms with van der Waals surface area (Å²) in [5.41, 5.74) is 11.5. The van der Waals surface area contributed by atoms with Crippen LogP contribution in [0.3, 0.4) is 0 Å². The average Bonchev–Trinajstić information content (AvgIpc) is 3.48. The Kier molecular flexibility index (Phi) is 8.26. The summed E-state index contributed by atoms with van der Waals surface area (Å²) in [7, 11) is 0. The molecule has 0 bridgehead atoms. The maximum Gasteiger partial charge on any atom is 0.231 e. The smallest absolute Gasteiger partial charge is 0.231 e. The summed E-state index contributed by atoms with van der Waals surface area (Å²) in [4.78, 5) is 17.4. The Morgan fingerprint density at radius 1 is 0.460 bits per heavy atom. The summed E-state index contributed by atoms with van der Waals surface area (Å²) >= 11 is 0. The van der Waals surface area contributed by atoms with Gasteiger partial charge in [-0.25, -0.2) is 0 Å². The molecule has 1 aliphatic heterocycles. The van der Waals surface area contributed by atoms with Crippen molar-refractivity contribution in [2.45, 2.75) is 6.92 Å². The Morgan fingerprint density at radius 2 is 0.920 bits per heavy atom. The van der Waals surface area contributed by atoms with Crippen LogP contribution in [0.1, 0.15) is 21.5 Å². The van der Waals surface area contributed by atoms with Crippen LogP contribution in [-0.2, 0) is 0 Å². The lowest BCUT2D eigenvalue weighted by Crippen LogP contribution is -2.10. The van der Waals surface area contributed by atoms with Gasteiger partial charge >= 0.3 is 0 Å². The van der Waals surface area contributed by atoms with Crippen LogP contribution in [0.15, 0.2) is 188 Å². The minimum absolute atomic E-state index is 0.0925. The molecule has 0 fully saturated rings. The van der Waals surface area contributed by atoms with Crippen molar-refractivity contribution < 1.29 is 9.53 Å². The van der Waals surface area contributed by atoms with E-state index in [1.165, 1.54) is 5.56 Å². The number of hydrogen-bond acceptors (Lipinski definition) is 4. The van der Waals surface area contributed by atoms with E-state index in [0.29, 0.717) is 17.1 Å². The first-order valence-electron chi connectivity index (χ1n) is 16.7. The number of benzene rings is 7. The molecule has 50 heavy (non-hydrogen) atoms. The van der Waals surface area contributed by atoms with Gasteiger partial charge in [-0.05, 0) is 120 Å². The third-order valence-corrected chi connectivity index (χ3v) is 8.90. The molecule has 0 saturated heterocycles. The Morgan fingerprint density at radius 3 is 1.46 bits per heavy atom. The van der Waals surface area contributed by atoms with Crippen molar-refractivity contribution >= 4 is 46.0 Å². The molecule has 0 spiro atoms. The number of allylic oxidation sites excluding steroid dienone is 1. The van der Waals surface area contributed by atoms with E-state index in [9.17, 15) is 4.79 Å². The highest BCUT2D eigenvalue weighted by Crippen LogP contribution is 2.38. The van der Waals surface area contributed by atoms with Crippen LogP contribution in [0.25, 0.3) is 17.2 Å². The second-order valence-corrected chi connectivity index (χ2v) is 12.3. The largest absolute Gasteiger partial charge is 0.452 e. The molecule has 0 aromatic heterocycles. The van der Waals surface area contributed by atoms with Crippen molar-refractivity contribution in [3.63, 3.8) is 0 Å². The van der Waals surface area contributed by atoms with Gasteiger partial charge in [0.2, 0.25) is 5.78 Å². The quantitative estimate of drug-likeness (QED) is 0.154. The van der Waals surface area contributed by atoms with E-state index in [0.717, 1.165) is 50.8 Å². The second kappa shape index (κ2) is 13.5. The van der Waals surface area contributed by atoms with Gasteiger partial charge in [0, 0.05) is 34.1 Å². The lowest BCUT2D eigenvalue weighted by Gasteiger charge is -2.26. The van der Waals surface area contributed by atoms with Crippen LogP contribution in [0.2, 0.25) is 0 Å². The standard InChI is InChI=1S/C46H34N2O2/c1-33-11-10-16-42(31-33)48(38-14-6-3-7-15-38)41-29-23-36(24-30-41)35-21-27-40(28-22-35)47(37-12-4-2-5-13-37)39-25-19-34(20-26-39)32-45-46(49)43-17-8-9-18-44(43)50-45/h2-32H,1H3/b45-32-. The SMILES string of the molecule is Cc1cccc(N(c2ccccc2)c2ccc(-c3ccc(N(c4ccccc4)c4ccc(/C=C5\Oc6ccccc6C5=O)cc4)cc3)cc2)c1. The number of nitrogens with zero attached hydrogens (tertiary/aromatic N) is 2. The van der Waals surface area contributed by atoms with Gasteiger partial charge < -0.3 is 14.5 Å². The molecule has 0 atom stereocenters. The third kappa shape index (κ3) is 6.18. The molecular weight excluding hydrogens is 613 g/mol. The average molecular weight is 647 g/mol.